The van der Waals surface area contributed by atoms with Crippen LogP contribution in [0.2, 0.25) is 0 Å². The molecular weight excluding hydrogens is 298 g/mol. The Kier molecular flexibility index (Phi) is 4.29. The van der Waals surface area contributed by atoms with Gasteiger partial charge >= 0.3 is 0 Å². The minimum absolute atomic E-state index is 0.0108. The Balaban J connectivity index is 1.76. The van der Waals surface area contributed by atoms with E-state index in [4.69, 9.17) is 0 Å². The lowest BCUT2D eigenvalue weighted by molar-refractivity contribution is -0.135. The van der Waals surface area contributed by atoms with E-state index in [0.717, 1.165) is 10.9 Å². The van der Waals surface area contributed by atoms with Crippen molar-refractivity contribution >= 4 is 40.3 Å². The summed E-state index contributed by atoms with van der Waals surface area (Å²) in [6.45, 7) is 1.81. The maximum absolute atomic E-state index is 12.4. The molecule has 1 atom stereocenters. The molecule has 0 spiro atoms. The van der Waals surface area contributed by atoms with Gasteiger partial charge in [0.05, 0.1) is 11.4 Å². The van der Waals surface area contributed by atoms with Crippen molar-refractivity contribution in [2.45, 2.75) is 19.4 Å². The van der Waals surface area contributed by atoms with E-state index >= 15 is 0 Å². The van der Waals surface area contributed by atoms with Gasteiger partial charge in [-0.3, -0.25) is 9.59 Å². The van der Waals surface area contributed by atoms with Crippen molar-refractivity contribution in [3.8, 4) is 0 Å². The minimum Gasteiger partial charge on any atom is -0.321 e. The van der Waals surface area contributed by atoms with Crippen molar-refractivity contribution in [2.75, 3.05) is 16.9 Å². The normalized spacial score (nSPS) is 17.7. The first-order valence-corrected chi connectivity index (χ1v) is 8.38. The maximum atomic E-state index is 12.4. The van der Waals surface area contributed by atoms with Crippen molar-refractivity contribution < 1.29 is 9.59 Å². The summed E-state index contributed by atoms with van der Waals surface area (Å²) in [5, 5.41) is 3.86. The van der Waals surface area contributed by atoms with Crippen LogP contribution in [-0.2, 0) is 9.59 Å². The second kappa shape index (κ2) is 6.36. The fourth-order valence-corrected chi connectivity index (χ4v) is 3.63. The molecule has 0 radical (unpaired) electrons. The van der Waals surface area contributed by atoms with Crippen molar-refractivity contribution in [2.24, 2.45) is 0 Å². The second-order valence-electron chi connectivity index (χ2n) is 5.11. The number of aromatic nitrogens is 1. The lowest BCUT2D eigenvalue weighted by Gasteiger charge is -2.22. The monoisotopic (exact) mass is 315 g/mol. The molecule has 2 aromatic rings. The van der Waals surface area contributed by atoms with Gasteiger partial charge in [0, 0.05) is 17.6 Å². The topological polar surface area (TPSA) is 62.3 Å². The predicted octanol–water partition coefficient (Wildman–Crippen LogP) is 2.48. The van der Waals surface area contributed by atoms with Gasteiger partial charge in [0.15, 0.2) is 0 Å². The number of pyridine rings is 1. The number of fused-ring (bicyclic) bond motifs is 1. The van der Waals surface area contributed by atoms with Gasteiger partial charge in [0.25, 0.3) is 0 Å². The summed E-state index contributed by atoms with van der Waals surface area (Å²) >= 11 is 1.60. The van der Waals surface area contributed by atoms with E-state index in [1.165, 1.54) is 0 Å². The van der Waals surface area contributed by atoms with Gasteiger partial charge in [-0.2, -0.15) is 0 Å². The van der Waals surface area contributed by atoms with Gasteiger partial charge in [-0.15, -0.1) is 11.8 Å². The quantitative estimate of drug-likeness (QED) is 0.945. The molecule has 1 aliphatic rings. The van der Waals surface area contributed by atoms with Crippen molar-refractivity contribution in [1.29, 1.82) is 0 Å². The molecule has 0 saturated carbocycles. The summed E-state index contributed by atoms with van der Waals surface area (Å²) in [5.41, 5.74) is 0.836. The van der Waals surface area contributed by atoms with E-state index in [1.807, 2.05) is 37.3 Å². The highest BCUT2D eigenvalue weighted by molar-refractivity contribution is 7.99. The number of anilines is 1. The molecule has 1 aromatic heterocycles. The van der Waals surface area contributed by atoms with Crippen molar-refractivity contribution in [1.82, 2.24) is 9.88 Å². The number of nitrogens with zero attached hydrogens (tertiary/aromatic N) is 2. The summed E-state index contributed by atoms with van der Waals surface area (Å²) in [4.78, 5) is 30.4. The molecule has 114 valence electrons. The average Bonchev–Trinajstić information content (AvgIpc) is 3.03. The first-order chi connectivity index (χ1) is 10.7. The third-order valence-electron chi connectivity index (χ3n) is 3.66. The highest BCUT2D eigenvalue weighted by Gasteiger charge is 2.33. The second-order valence-corrected chi connectivity index (χ2v) is 6.11. The molecule has 5 nitrogen and oxygen atoms in total. The first kappa shape index (κ1) is 14.8. The van der Waals surface area contributed by atoms with Crippen LogP contribution < -0.4 is 5.32 Å². The Labute approximate surface area is 133 Å². The van der Waals surface area contributed by atoms with Crippen LogP contribution in [0.1, 0.15) is 13.3 Å². The van der Waals surface area contributed by atoms with Gasteiger partial charge in [0.2, 0.25) is 11.8 Å². The molecule has 2 amide bonds. The molecule has 2 heterocycles. The molecule has 0 unspecified atom stereocenters. The Morgan fingerprint density at radius 1 is 1.32 bits per heavy atom. The molecule has 1 aliphatic heterocycles. The molecule has 1 saturated heterocycles. The van der Waals surface area contributed by atoms with Crippen LogP contribution in [0, 0.1) is 0 Å². The number of para-hydroxylation sites is 1. The minimum atomic E-state index is -0.411. The smallest absolute Gasteiger partial charge is 0.249 e. The summed E-state index contributed by atoms with van der Waals surface area (Å²) in [6, 6.07) is 11.0. The van der Waals surface area contributed by atoms with Crippen LogP contribution in [0.4, 0.5) is 5.82 Å². The van der Waals surface area contributed by atoms with E-state index in [2.05, 4.69) is 10.3 Å². The van der Waals surface area contributed by atoms with Crippen LogP contribution in [0.5, 0.6) is 0 Å². The third-order valence-corrected chi connectivity index (χ3v) is 4.67. The fraction of sp³-hybridized carbons (Fsp3) is 0.312. The number of rotatable bonds is 3. The summed E-state index contributed by atoms with van der Waals surface area (Å²) in [5.74, 6) is 1.57. The number of hydrogen-bond donors (Lipinski definition) is 1. The molecule has 22 heavy (non-hydrogen) atoms. The molecule has 3 rings (SSSR count). The Bertz CT molecular complexity index is 719. The predicted molar refractivity (Wildman–Crippen MR) is 88.6 cm³/mol. The van der Waals surface area contributed by atoms with Gasteiger partial charge in [-0.05, 0) is 18.2 Å². The van der Waals surface area contributed by atoms with E-state index < -0.39 is 6.04 Å². The standard InChI is InChI=1S/C16H17N3O2S/c1-2-15(20)19-10-22-9-13(19)16(21)18-14-8-7-11-5-3-4-6-12(11)17-14/h3-8,13H,2,9-10H2,1H3,(H,17,18,21)/t13-/m0/s1. The summed E-state index contributed by atoms with van der Waals surface area (Å²) in [7, 11) is 0. The zero-order valence-corrected chi connectivity index (χ0v) is 13.1. The number of amides is 2. The van der Waals surface area contributed by atoms with Crippen LogP contribution >= 0.6 is 11.8 Å². The van der Waals surface area contributed by atoms with Gasteiger partial charge < -0.3 is 10.2 Å². The van der Waals surface area contributed by atoms with Crippen molar-refractivity contribution in [3.05, 3.63) is 36.4 Å². The molecular formula is C16H17N3O2S. The fourth-order valence-electron chi connectivity index (χ4n) is 2.45. The molecule has 0 aliphatic carbocycles. The highest BCUT2D eigenvalue weighted by atomic mass is 32.2. The van der Waals surface area contributed by atoms with Crippen molar-refractivity contribution in [3.63, 3.8) is 0 Å². The average molecular weight is 315 g/mol. The zero-order chi connectivity index (χ0) is 15.5. The zero-order valence-electron chi connectivity index (χ0n) is 12.3. The molecule has 1 aromatic carbocycles. The summed E-state index contributed by atoms with van der Waals surface area (Å²) in [6.07, 6.45) is 0.415. The maximum Gasteiger partial charge on any atom is 0.249 e. The van der Waals surface area contributed by atoms with Gasteiger partial charge in [-0.25, -0.2) is 4.98 Å². The van der Waals surface area contributed by atoms with Crippen LogP contribution in [-0.4, -0.2) is 39.4 Å². The van der Waals surface area contributed by atoms with E-state index in [0.29, 0.717) is 23.9 Å². The largest absolute Gasteiger partial charge is 0.321 e. The van der Waals surface area contributed by atoms with Gasteiger partial charge in [-0.1, -0.05) is 25.1 Å². The Hall–Kier alpha value is -2.08. The van der Waals surface area contributed by atoms with Crippen LogP contribution in [0.25, 0.3) is 10.9 Å². The SMILES string of the molecule is CCC(=O)N1CSC[C@H]1C(=O)Nc1ccc2ccccc2n1. The number of carbonyl (C=O) groups excluding carboxylic acids is 2. The molecule has 0 bridgehead atoms. The van der Waals surface area contributed by atoms with Crippen LogP contribution in [0.3, 0.4) is 0 Å². The number of nitrogens with one attached hydrogen (secondary N) is 1. The van der Waals surface area contributed by atoms with E-state index in [1.54, 1.807) is 22.7 Å². The van der Waals surface area contributed by atoms with E-state index in [-0.39, 0.29) is 11.8 Å². The Morgan fingerprint density at radius 2 is 2.14 bits per heavy atom. The first-order valence-electron chi connectivity index (χ1n) is 7.23. The summed E-state index contributed by atoms with van der Waals surface area (Å²) < 4.78 is 0. The lowest BCUT2D eigenvalue weighted by atomic mass is 10.2. The molecule has 1 fully saturated rings. The van der Waals surface area contributed by atoms with Gasteiger partial charge in [0.1, 0.15) is 11.9 Å². The third kappa shape index (κ3) is 2.92. The molecule has 6 heteroatoms. The number of benzene rings is 1. The molecule has 1 N–H and O–H groups in total. The number of thioether (sulfide) groups is 1. The number of carbonyl (C=O) groups is 2. The lowest BCUT2D eigenvalue weighted by Crippen LogP contribution is -2.44. The van der Waals surface area contributed by atoms with E-state index in [9.17, 15) is 9.59 Å². The highest BCUT2D eigenvalue weighted by Crippen LogP contribution is 2.23. The number of hydrogen-bond acceptors (Lipinski definition) is 4. The Morgan fingerprint density at radius 3 is 2.95 bits per heavy atom. The van der Waals surface area contributed by atoms with Crippen LogP contribution in [0.15, 0.2) is 36.4 Å².